The molecular formula is C15H10BrN3O2. The Bertz CT molecular complexity index is 873. The number of imidazole rings is 1. The fourth-order valence-corrected chi connectivity index (χ4v) is 2.60. The Hall–Kier alpha value is -2.39. The van der Waals surface area contributed by atoms with E-state index in [-0.39, 0.29) is 5.78 Å². The van der Waals surface area contributed by atoms with Crippen LogP contribution in [0.1, 0.15) is 22.1 Å². The summed E-state index contributed by atoms with van der Waals surface area (Å²) in [5.41, 5.74) is 1.99. The van der Waals surface area contributed by atoms with E-state index in [1.165, 1.54) is 6.26 Å². The number of carbonyl (C=O) groups is 1. The van der Waals surface area contributed by atoms with Gasteiger partial charge in [0.2, 0.25) is 0 Å². The molecule has 0 radical (unpaired) electrons. The lowest BCUT2D eigenvalue weighted by Gasteiger charge is -2.07. The molecule has 0 saturated heterocycles. The minimum atomic E-state index is -0.966. The Kier molecular flexibility index (Phi) is 3.35. The number of hydrogen-bond donors (Lipinski definition) is 0. The lowest BCUT2D eigenvalue weighted by molar-refractivity contribution is 0.0974. The maximum absolute atomic E-state index is 12.5. The summed E-state index contributed by atoms with van der Waals surface area (Å²) >= 11 is 3.15. The molecule has 2 aromatic heterocycles. The van der Waals surface area contributed by atoms with Crippen LogP contribution in [0.5, 0.6) is 0 Å². The van der Waals surface area contributed by atoms with Crippen LogP contribution >= 0.6 is 15.9 Å². The summed E-state index contributed by atoms with van der Waals surface area (Å²) in [6.07, 6.45) is 1.33. The van der Waals surface area contributed by atoms with Crippen LogP contribution in [0.2, 0.25) is 0 Å². The summed E-state index contributed by atoms with van der Waals surface area (Å²) in [6, 6.07) is 11.1. The molecule has 2 heterocycles. The fraction of sp³-hybridized carbons (Fsp3) is 0.133. The first-order valence-electron chi connectivity index (χ1n) is 6.21. The van der Waals surface area contributed by atoms with E-state index in [9.17, 15) is 10.1 Å². The quantitative estimate of drug-likeness (QED) is 0.683. The van der Waals surface area contributed by atoms with Crippen molar-refractivity contribution in [2.45, 2.75) is 5.92 Å². The van der Waals surface area contributed by atoms with Crippen molar-refractivity contribution < 1.29 is 9.21 Å². The molecule has 5 nitrogen and oxygen atoms in total. The molecule has 6 heteroatoms. The minimum Gasteiger partial charge on any atom is -0.457 e. The van der Waals surface area contributed by atoms with E-state index in [0.29, 0.717) is 16.1 Å². The smallest absolute Gasteiger partial charge is 0.190 e. The minimum absolute atomic E-state index is 0.328. The van der Waals surface area contributed by atoms with Gasteiger partial charge in [0, 0.05) is 13.1 Å². The van der Waals surface area contributed by atoms with Gasteiger partial charge in [0.15, 0.2) is 16.4 Å². The number of fused-ring (bicyclic) bond motifs is 1. The summed E-state index contributed by atoms with van der Waals surface area (Å²) in [7, 11) is 1.80. The van der Waals surface area contributed by atoms with Crippen molar-refractivity contribution in [3.8, 4) is 6.07 Å². The van der Waals surface area contributed by atoms with Crippen molar-refractivity contribution in [3.05, 3.63) is 52.7 Å². The van der Waals surface area contributed by atoms with Gasteiger partial charge in [0.25, 0.3) is 0 Å². The molecule has 1 aromatic carbocycles. The van der Waals surface area contributed by atoms with Crippen LogP contribution in [0.4, 0.5) is 0 Å². The van der Waals surface area contributed by atoms with E-state index in [0.717, 1.165) is 11.0 Å². The van der Waals surface area contributed by atoms with Crippen molar-refractivity contribution in [3.63, 3.8) is 0 Å². The highest BCUT2D eigenvalue weighted by Crippen LogP contribution is 2.25. The third-order valence-corrected chi connectivity index (χ3v) is 3.74. The average molecular weight is 344 g/mol. The van der Waals surface area contributed by atoms with Gasteiger partial charge in [-0.1, -0.05) is 12.1 Å². The molecule has 1 atom stereocenters. The summed E-state index contributed by atoms with van der Waals surface area (Å²) in [6.45, 7) is 0. The molecule has 0 saturated carbocycles. The number of aryl methyl sites for hydroxylation is 1. The zero-order chi connectivity index (χ0) is 15.0. The number of para-hydroxylation sites is 2. The standard InChI is InChI=1S/C15H10BrN3O2/c1-19-12-5-3-2-4-11(12)18-15(19)10(7-17)14(20)9-6-13(16)21-8-9/h2-6,8,10H,1H3/t10-/m0/s1. The van der Waals surface area contributed by atoms with Gasteiger partial charge in [-0.25, -0.2) is 4.98 Å². The third-order valence-electron chi connectivity index (χ3n) is 3.32. The van der Waals surface area contributed by atoms with Crippen LogP contribution < -0.4 is 0 Å². The lowest BCUT2D eigenvalue weighted by Crippen LogP contribution is -2.15. The van der Waals surface area contributed by atoms with Crippen molar-refractivity contribution in [2.75, 3.05) is 0 Å². The number of nitrogens with zero attached hydrogens (tertiary/aromatic N) is 3. The molecule has 0 aliphatic rings. The molecule has 0 unspecified atom stereocenters. The van der Waals surface area contributed by atoms with E-state index in [2.05, 4.69) is 20.9 Å². The van der Waals surface area contributed by atoms with E-state index in [4.69, 9.17) is 4.42 Å². The van der Waals surface area contributed by atoms with E-state index in [1.807, 2.05) is 30.3 Å². The van der Waals surface area contributed by atoms with Crippen LogP contribution in [0, 0.1) is 11.3 Å². The van der Waals surface area contributed by atoms with Crippen LogP contribution in [-0.4, -0.2) is 15.3 Å². The molecule has 0 N–H and O–H groups in total. The summed E-state index contributed by atoms with van der Waals surface area (Å²) in [5, 5.41) is 9.40. The Morgan fingerprint density at radius 3 is 2.86 bits per heavy atom. The van der Waals surface area contributed by atoms with Gasteiger partial charge in [-0.2, -0.15) is 5.26 Å². The van der Waals surface area contributed by atoms with Crippen molar-refractivity contribution in [1.29, 1.82) is 5.26 Å². The second-order valence-corrected chi connectivity index (χ2v) is 5.37. The molecule has 0 amide bonds. The van der Waals surface area contributed by atoms with Crippen LogP contribution in [0.25, 0.3) is 11.0 Å². The first kappa shape index (κ1) is 13.6. The second-order valence-electron chi connectivity index (χ2n) is 4.58. The molecular weight excluding hydrogens is 334 g/mol. The van der Waals surface area contributed by atoms with Gasteiger partial charge in [-0.05, 0) is 28.1 Å². The van der Waals surface area contributed by atoms with Crippen molar-refractivity contribution >= 4 is 32.7 Å². The lowest BCUT2D eigenvalue weighted by atomic mass is 10.0. The Morgan fingerprint density at radius 2 is 2.24 bits per heavy atom. The number of ketones is 1. The topological polar surface area (TPSA) is 71.8 Å². The Morgan fingerprint density at radius 1 is 1.48 bits per heavy atom. The number of furan rings is 1. The predicted molar refractivity (Wildman–Crippen MR) is 79.8 cm³/mol. The number of halogens is 1. The number of nitriles is 1. The van der Waals surface area contributed by atoms with Crippen LogP contribution in [-0.2, 0) is 7.05 Å². The van der Waals surface area contributed by atoms with Gasteiger partial charge < -0.3 is 8.98 Å². The van der Waals surface area contributed by atoms with E-state index in [1.54, 1.807) is 17.7 Å². The molecule has 0 fully saturated rings. The first-order valence-corrected chi connectivity index (χ1v) is 7.00. The SMILES string of the molecule is Cn1c([C@@H](C#N)C(=O)c2coc(Br)c2)nc2ccccc21. The average Bonchev–Trinajstić information content (AvgIpc) is 3.05. The third kappa shape index (κ3) is 2.26. The van der Waals surface area contributed by atoms with Crippen molar-refractivity contribution in [1.82, 2.24) is 9.55 Å². The summed E-state index contributed by atoms with van der Waals surface area (Å²) < 4.78 is 7.29. The number of hydrogen-bond acceptors (Lipinski definition) is 4. The molecule has 3 rings (SSSR count). The molecule has 0 aliphatic carbocycles. The molecule has 0 bridgehead atoms. The van der Waals surface area contributed by atoms with Gasteiger partial charge in [0.1, 0.15) is 12.1 Å². The molecule has 21 heavy (non-hydrogen) atoms. The summed E-state index contributed by atoms with van der Waals surface area (Å²) in [5.74, 6) is -0.863. The second kappa shape index (κ2) is 5.19. The first-order chi connectivity index (χ1) is 10.1. The molecule has 3 aromatic rings. The van der Waals surface area contributed by atoms with Crippen LogP contribution in [0.3, 0.4) is 0 Å². The highest BCUT2D eigenvalue weighted by atomic mass is 79.9. The van der Waals surface area contributed by atoms with Crippen LogP contribution in [0.15, 0.2) is 45.7 Å². The van der Waals surface area contributed by atoms with E-state index < -0.39 is 5.92 Å². The number of aromatic nitrogens is 2. The van der Waals surface area contributed by atoms with Gasteiger partial charge in [0.05, 0.1) is 22.7 Å². The number of carbonyl (C=O) groups excluding carboxylic acids is 1. The predicted octanol–water partition coefficient (Wildman–Crippen LogP) is 3.42. The fourth-order valence-electron chi connectivity index (χ4n) is 2.26. The zero-order valence-corrected chi connectivity index (χ0v) is 12.7. The van der Waals surface area contributed by atoms with Gasteiger partial charge in [-0.15, -0.1) is 0 Å². The Labute approximate surface area is 128 Å². The van der Waals surface area contributed by atoms with Gasteiger partial charge in [-0.3, -0.25) is 4.79 Å². The largest absolute Gasteiger partial charge is 0.457 e. The Balaban J connectivity index is 2.08. The number of rotatable bonds is 3. The number of benzene rings is 1. The molecule has 104 valence electrons. The van der Waals surface area contributed by atoms with E-state index >= 15 is 0 Å². The zero-order valence-electron chi connectivity index (χ0n) is 11.1. The molecule has 0 spiro atoms. The monoisotopic (exact) mass is 343 g/mol. The maximum atomic E-state index is 12.5. The number of Topliss-reactive ketones (excluding diaryl/α,β-unsaturated/α-hetero) is 1. The normalized spacial score (nSPS) is 12.2. The molecule has 0 aliphatic heterocycles. The van der Waals surface area contributed by atoms with Crippen molar-refractivity contribution in [2.24, 2.45) is 7.05 Å². The highest BCUT2D eigenvalue weighted by molar-refractivity contribution is 9.10. The van der Waals surface area contributed by atoms with Gasteiger partial charge >= 0.3 is 0 Å². The highest BCUT2D eigenvalue weighted by Gasteiger charge is 2.27. The maximum Gasteiger partial charge on any atom is 0.190 e. The summed E-state index contributed by atoms with van der Waals surface area (Å²) in [4.78, 5) is 16.9.